The summed E-state index contributed by atoms with van der Waals surface area (Å²) in [6.45, 7) is 0.279. The molecule has 0 fully saturated rings. The Balaban J connectivity index is 1.47. The van der Waals surface area contributed by atoms with Gasteiger partial charge < -0.3 is 15.2 Å². The van der Waals surface area contributed by atoms with Crippen LogP contribution in [0.3, 0.4) is 0 Å². The fraction of sp³-hybridized carbons (Fsp3) is 0.136. The lowest BCUT2D eigenvalue weighted by Crippen LogP contribution is -2.43. The molecule has 156 valence electrons. The van der Waals surface area contributed by atoms with Crippen LogP contribution in [0.1, 0.15) is 17.4 Å². The summed E-state index contributed by atoms with van der Waals surface area (Å²) in [4.78, 5) is 13.1. The number of thioether (sulfide) groups is 1. The van der Waals surface area contributed by atoms with E-state index in [1.165, 1.54) is 23.9 Å². The Labute approximate surface area is 181 Å². The molecule has 0 unspecified atom stereocenters. The van der Waals surface area contributed by atoms with Crippen molar-refractivity contribution in [2.45, 2.75) is 23.0 Å². The monoisotopic (exact) mass is 435 g/mol. The molecule has 0 spiro atoms. The Morgan fingerprint density at radius 2 is 1.90 bits per heavy atom. The highest BCUT2D eigenvalue weighted by Gasteiger charge is 2.38. The molecule has 0 bridgehead atoms. The fourth-order valence-electron chi connectivity index (χ4n) is 3.44. The van der Waals surface area contributed by atoms with E-state index in [0.717, 1.165) is 11.1 Å². The molecule has 2 atom stereocenters. The molecule has 5 rings (SSSR count). The van der Waals surface area contributed by atoms with E-state index in [1.54, 1.807) is 35.2 Å². The maximum Gasteiger partial charge on any atom is 0.236 e. The summed E-state index contributed by atoms with van der Waals surface area (Å²) in [5.74, 6) is 0.791. The largest absolute Gasteiger partial charge is 0.467 e. The van der Waals surface area contributed by atoms with Crippen molar-refractivity contribution in [2.24, 2.45) is 0 Å². The number of benzene rings is 2. The molecule has 3 heterocycles. The first-order chi connectivity index (χ1) is 15.2. The van der Waals surface area contributed by atoms with Gasteiger partial charge in [-0.1, -0.05) is 54.2 Å². The molecule has 2 aromatic carbocycles. The highest BCUT2D eigenvalue weighted by Crippen LogP contribution is 2.38. The first kappa shape index (κ1) is 19.4. The summed E-state index contributed by atoms with van der Waals surface area (Å²) in [6, 6.07) is 18.9. The highest BCUT2D eigenvalue weighted by molar-refractivity contribution is 8.00. The number of carbonyl (C=O) groups excluding carboxylic acids is 1. The van der Waals surface area contributed by atoms with Crippen molar-refractivity contribution < 1.29 is 13.6 Å². The van der Waals surface area contributed by atoms with Crippen molar-refractivity contribution in [1.82, 2.24) is 20.2 Å². The van der Waals surface area contributed by atoms with E-state index < -0.39 is 11.3 Å². The first-order valence-electron chi connectivity index (χ1n) is 9.68. The minimum absolute atomic E-state index is 0.182. The molecule has 0 aliphatic carbocycles. The summed E-state index contributed by atoms with van der Waals surface area (Å²) in [6.07, 6.45) is 1.56. The van der Waals surface area contributed by atoms with Crippen LogP contribution in [-0.2, 0) is 11.3 Å². The fourth-order valence-corrected chi connectivity index (χ4v) is 4.54. The molecular formula is C22H18FN5O2S. The lowest BCUT2D eigenvalue weighted by atomic mass is 10.0. The topological polar surface area (TPSA) is 85.0 Å². The van der Waals surface area contributed by atoms with E-state index in [0.29, 0.717) is 16.7 Å². The zero-order valence-corrected chi connectivity index (χ0v) is 17.1. The van der Waals surface area contributed by atoms with Crippen LogP contribution in [0.2, 0.25) is 0 Å². The van der Waals surface area contributed by atoms with Crippen molar-refractivity contribution in [3.05, 3.63) is 90.1 Å². The van der Waals surface area contributed by atoms with Crippen molar-refractivity contribution >= 4 is 17.7 Å². The number of nitrogens with zero attached hydrogens (tertiary/aromatic N) is 3. The number of amides is 1. The third-order valence-corrected chi connectivity index (χ3v) is 6.19. The normalized spacial score (nSPS) is 17.6. The number of aromatic nitrogens is 3. The lowest BCUT2D eigenvalue weighted by molar-refractivity contribution is -0.121. The number of fused-ring (bicyclic) bond motifs is 1. The minimum Gasteiger partial charge on any atom is -0.467 e. The third kappa shape index (κ3) is 3.91. The highest BCUT2D eigenvalue weighted by atomic mass is 32.2. The molecule has 1 aliphatic heterocycles. The maximum atomic E-state index is 13.5. The van der Waals surface area contributed by atoms with Crippen LogP contribution in [0.15, 0.2) is 82.6 Å². The summed E-state index contributed by atoms with van der Waals surface area (Å²) >= 11 is 1.32. The van der Waals surface area contributed by atoms with E-state index in [4.69, 9.17) is 4.42 Å². The molecule has 7 nitrogen and oxygen atoms in total. The number of furan rings is 1. The number of halogens is 1. The van der Waals surface area contributed by atoms with Crippen molar-refractivity contribution in [2.75, 3.05) is 5.43 Å². The van der Waals surface area contributed by atoms with Crippen LogP contribution in [0.4, 0.5) is 4.39 Å². The average Bonchev–Trinajstić information content (AvgIpc) is 3.47. The average molecular weight is 435 g/mol. The summed E-state index contributed by atoms with van der Waals surface area (Å²) in [7, 11) is 0. The Bertz CT molecular complexity index is 1180. The molecule has 0 radical (unpaired) electrons. The number of hydrogen-bond acceptors (Lipinski definition) is 6. The molecule has 2 aromatic heterocycles. The van der Waals surface area contributed by atoms with Crippen LogP contribution in [0, 0.1) is 5.82 Å². The second-order valence-electron chi connectivity index (χ2n) is 7.00. The Kier molecular flexibility index (Phi) is 5.17. The molecule has 1 amide bonds. The molecule has 4 aromatic rings. The van der Waals surface area contributed by atoms with Crippen LogP contribution >= 0.6 is 11.8 Å². The molecule has 31 heavy (non-hydrogen) atoms. The van der Waals surface area contributed by atoms with Crippen molar-refractivity contribution in [1.29, 1.82) is 0 Å². The number of hydrogen-bond donors (Lipinski definition) is 2. The van der Waals surface area contributed by atoms with E-state index in [1.807, 2.05) is 30.3 Å². The van der Waals surface area contributed by atoms with Crippen molar-refractivity contribution in [3.8, 4) is 11.4 Å². The van der Waals surface area contributed by atoms with Crippen LogP contribution in [-0.4, -0.2) is 26.0 Å². The third-order valence-electron chi connectivity index (χ3n) is 4.97. The number of nitrogens with one attached hydrogen (secondary N) is 2. The van der Waals surface area contributed by atoms with E-state index in [-0.39, 0.29) is 18.3 Å². The predicted octanol–water partition coefficient (Wildman–Crippen LogP) is 3.75. The zero-order valence-electron chi connectivity index (χ0n) is 16.2. The minimum atomic E-state index is -0.541. The maximum absolute atomic E-state index is 13.5. The van der Waals surface area contributed by atoms with Gasteiger partial charge in [0.05, 0.1) is 18.8 Å². The van der Waals surface area contributed by atoms with Crippen LogP contribution in [0.5, 0.6) is 0 Å². The molecule has 2 N–H and O–H groups in total. The molecular weight excluding hydrogens is 417 g/mol. The summed E-state index contributed by atoms with van der Waals surface area (Å²) in [5, 5.41) is 11.5. The van der Waals surface area contributed by atoms with E-state index in [9.17, 15) is 9.18 Å². The Hall–Kier alpha value is -3.59. The van der Waals surface area contributed by atoms with E-state index >= 15 is 0 Å². The summed E-state index contributed by atoms with van der Waals surface area (Å²) in [5.41, 5.74) is 5.05. The molecule has 0 saturated carbocycles. The van der Waals surface area contributed by atoms with Gasteiger partial charge in [-0.25, -0.2) is 9.07 Å². The second-order valence-corrected chi connectivity index (χ2v) is 8.11. The van der Waals surface area contributed by atoms with Crippen LogP contribution in [0.25, 0.3) is 11.4 Å². The molecule has 0 saturated heterocycles. The van der Waals surface area contributed by atoms with E-state index in [2.05, 4.69) is 20.9 Å². The van der Waals surface area contributed by atoms with Gasteiger partial charge in [-0.15, -0.1) is 10.2 Å². The Morgan fingerprint density at radius 1 is 1.10 bits per heavy atom. The van der Waals surface area contributed by atoms with Gasteiger partial charge in [0.1, 0.15) is 16.8 Å². The Morgan fingerprint density at radius 3 is 2.65 bits per heavy atom. The number of carbonyl (C=O) groups is 1. The summed E-state index contributed by atoms with van der Waals surface area (Å²) < 4.78 is 20.6. The van der Waals surface area contributed by atoms with Gasteiger partial charge in [-0.3, -0.25) is 4.79 Å². The SMILES string of the molecule is O=C(NCc1ccco1)[C@H]1Sc2nnc(-c3ccccc3)n2N[C@@H]1c1ccc(F)cc1. The predicted molar refractivity (Wildman–Crippen MR) is 114 cm³/mol. The van der Waals surface area contributed by atoms with Crippen LogP contribution < -0.4 is 10.7 Å². The van der Waals surface area contributed by atoms with Gasteiger partial charge in [-0.2, -0.15) is 0 Å². The van der Waals surface area contributed by atoms with Gasteiger partial charge in [0.25, 0.3) is 0 Å². The smallest absolute Gasteiger partial charge is 0.236 e. The standard InChI is InChI=1S/C22H18FN5O2S/c23-16-10-8-14(9-11-16)18-19(21(29)24-13-17-7-4-12-30-17)31-22-26-25-20(28(22)27-18)15-5-2-1-3-6-15/h1-12,18-19,27H,13H2,(H,24,29)/t18-,19+/m1/s1. The van der Waals surface area contributed by atoms with Gasteiger partial charge in [0.2, 0.25) is 11.1 Å². The van der Waals surface area contributed by atoms with Gasteiger partial charge in [0.15, 0.2) is 5.82 Å². The quantitative estimate of drug-likeness (QED) is 0.497. The zero-order chi connectivity index (χ0) is 21.2. The lowest BCUT2D eigenvalue weighted by Gasteiger charge is -2.33. The first-order valence-corrected chi connectivity index (χ1v) is 10.6. The second kappa shape index (κ2) is 8.27. The molecule has 1 aliphatic rings. The van der Waals surface area contributed by atoms with Gasteiger partial charge >= 0.3 is 0 Å². The van der Waals surface area contributed by atoms with Gasteiger partial charge in [-0.05, 0) is 29.8 Å². The van der Waals surface area contributed by atoms with Crippen molar-refractivity contribution in [3.63, 3.8) is 0 Å². The molecule has 9 heteroatoms. The number of rotatable bonds is 5. The van der Waals surface area contributed by atoms with Gasteiger partial charge in [0, 0.05) is 5.56 Å².